The van der Waals surface area contributed by atoms with Gasteiger partial charge in [-0.3, -0.25) is 0 Å². The lowest BCUT2D eigenvalue weighted by Crippen LogP contribution is -2.10. The number of ether oxygens (including phenoxy) is 3. The zero-order chi connectivity index (χ0) is 29.3. The van der Waals surface area contributed by atoms with Gasteiger partial charge in [-0.15, -0.1) is 0 Å². The van der Waals surface area contributed by atoms with Crippen LogP contribution in [-0.2, 0) is 30.6 Å². The van der Waals surface area contributed by atoms with Crippen LogP contribution in [0.4, 0.5) is 0 Å². The number of rotatable bonds is 12. The van der Waals surface area contributed by atoms with Crippen LogP contribution < -0.4 is 9.47 Å². The van der Waals surface area contributed by atoms with Gasteiger partial charge in [0.15, 0.2) is 0 Å². The van der Waals surface area contributed by atoms with Gasteiger partial charge in [0.25, 0.3) is 0 Å². The third-order valence-electron chi connectivity index (χ3n) is 7.17. The van der Waals surface area contributed by atoms with Gasteiger partial charge in [0.1, 0.15) is 23.5 Å². The SMILES string of the molecule is CC.CC.CCCCc1c(OCCCOc2ccc3c(c2CCC)COC(C)CC3)ccc(-c2ccon2)c1C. The van der Waals surface area contributed by atoms with Crippen LogP contribution in [0.2, 0.25) is 0 Å². The third kappa shape index (κ3) is 9.12. The summed E-state index contributed by atoms with van der Waals surface area (Å²) in [5, 5.41) is 4.13. The number of hydrogen-bond donors (Lipinski definition) is 0. The van der Waals surface area contributed by atoms with Gasteiger partial charge in [-0.2, -0.15) is 0 Å². The second-order valence-corrected chi connectivity index (χ2v) is 9.84. The number of aromatic nitrogens is 1. The molecule has 222 valence electrons. The number of hydrogen-bond acceptors (Lipinski definition) is 5. The third-order valence-corrected chi connectivity index (χ3v) is 7.17. The Labute approximate surface area is 243 Å². The molecule has 1 unspecified atom stereocenters. The van der Waals surface area contributed by atoms with Gasteiger partial charge < -0.3 is 18.7 Å². The smallest absolute Gasteiger partial charge is 0.124 e. The normalized spacial score (nSPS) is 14.2. The van der Waals surface area contributed by atoms with E-state index in [1.165, 1.54) is 27.8 Å². The predicted octanol–water partition coefficient (Wildman–Crippen LogP) is 9.70. The lowest BCUT2D eigenvalue weighted by Gasteiger charge is -2.18. The number of nitrogens with zero attached hydrogens (tertiary/aromatic N) is 1. The Bertz CT molecular complexity index is 1110. The Morgan fingerprint density at radius 3 is 2.20 bits per heavy atom. The molecule has 3 aromatic rings. The molecule has 0 N–H and O–H groups in total. The molecule has 0 radical (unpaired) electrons. The molecule has 1 aromatic heterocycles. The Kier molecular flexibility index (Phi) is 15.5. The second kappa shape index (κ2) is 18.5. The van der Waals surface area contributed by atoms with Crippen LogP contribution in [0.1, 0.15) is 108 Å². The van der Waals surface area contributed by atoms with Crippen molar-refractivity contribution in [2.24, 2.45) is 0 Å². The van der Waals surface area contributed by atoms with E-state index in [1.807, 2.05) is 33.8 Å². The van der Waals surface area contributed by atoms with Crippen LogP contribution in [0.3, 0.4) is 0 Å². The van der Waals surface area contributed by atoms with Crippen molar-refractivity contribution in [1.29, 1.82) is 0 Å². The first-order valence-corrected chi connectivity index (χ1v) is 15.7. The van der Waals surface area contributed by atoms with Crippen molar-refractivity contribution >= 4 is 0 Å². The maximum Gasteiger partial charge on any atom is 0.124 e. The molecule has 0 fully saturated rings. The van der Waals surface area contributed by atoms with Crippen LogP contribution in [-0.4, -0.2) is 24.5 Å². The fourth-order valence-corrected chi connectivity index (χ4v) is 5.04. The summed E-state index contributed by atoms with van der Waals surface area (Å²) in [5.74, 6) is 1.97. The zero-order valence-electron chi connectivity index (χ0n) is 26.4. The minimum absolute atomic E-state index is 0.310. The summed E-state index contributed by atoms with van der Waals surface area (Å²) in [7, 11) is 0. The molecule has 2 aromatic carbocycles. The molecular formula is C35H53NO4. The first kappa shape index (κ1) is 33.4. The molecule has 1 atom stereocenters. The standard InChI is InChI=1S/C31H41NO4.2C2H6/c1-5-7-10-26-23(4)25(29-17-20-36-32-29)14-16-30(26)33-18-8-19-34-31-15-13-24-12-11-22(3)35-21-28(24)27(31)9-6-2;2*1-2/h13-17,20,22H,5-12,18-19,21H2,1-4H3;2*1-2H3. The van der Waals surface area contributed by atoms with E-state index in [1.54, 1.807) is 6.26 Å². The van der Waals surface area contributed by atoms with Crippen molar-refractivity contribution in [2.45, 2.75) is 119 Å². The zero-order valence-corrected chi connectivity index (χ0v) is 26.4. The van der Waals surface area contributed by atoms with Gasteiger partial charge in [0.05, 0.1) is 25.9 Å². The van der Waals surface area contributed by atoms with Gasteiger partial charge >= 0.3 is 0 Å². The van der Waals surface area contributed by atoms with Crippen molar-refractivity contribution in [2.75, 3.05) is 13.2 Å². The Hall–Kier alpha value is -2.79. The fraction of sp³-hybridized carbons (Fsp3) is 0.571. The van der Waals surface area contributed by atoms with Crippen molar-refractivity contribution in [3.63, 3.8) is 0 Å². The molecule has 0 saturated carbocycles. The highest BCUT2D eigenvalue weighted by Crippen LogP contribution is 2.33. The summed E-state index contributed by atoms with van der Waals surface area (Å²) in [4.78, 5) is 0. The van der Waals surface area contributed by atoms with E-state index in [2.05, 4.69) is 57.1 Å². The quantitative estimate of drug-likeness (QED) is 0.210. The van der Waals surface area contributed by atoms with E-state index < -0.39 is 0 Å². The van der Waals surface area contributed by atoms with Crippen molar-refractivity contribution in [1.82, 2.24) is 5.16 Å². The molecule has 4 rings (SSSR count). The van der Waals surface area contributed by atoms with Gasteiger partial charge in [0.2, 0.25) is 0 Å². The Balaban J connectivity index is 0.00000134. The minimum atomic E-state index is 0.310. The summed E-state index contributed by atoms with van der Waals surface area (Å²) in [6.45, 7) is 18.7. The summed E-state index contributed by atoms with van der Waals surface area (Å²) in [6, 6.07) is 10.5. The predicted molar refractivity (Wildman–Crippen MR) is 167 cm³/mol. The number of benzene rings is 2. The van der Waals surface area contributed by atoms with Crippen LogP contribution in [0.15, 0.2) is 41.1 Å². The van der Waals surface area contributed by atoms with Crippen LogP contribution in [0, 0.1) is 6.92 Å². The summed E-state index contributed by atoms with van der Waals surface area (Å²) < 4.78 is 23.7. The highest BCUT2D eigenvalue weighted by atomic mass is 16.5. The molecular weight excluding hydrogens is 498 g/mol. The van der Waals surface area contributed by atoms with Gasteiger partial charge in [-0.05, 0) is 92.0 Å². The van der Waals surface area contributed by atoms with Crippen LogP contribution in [0.5, 0.6) is 11.5 Å². The molecule has 2 heterocycles. The molecule has 0 bridgehead atoms. The average molecular weight is 552 g/mol. The van der Waals surface area contributed by atoms with Gasteiger partial charge in [-0.25, -0.2) is 0 Å². The van der Waals surface area contributed by atoms with E-state index in [4.69, 9.17) is 18.7 Å². The second-order valence-electron chi connectivity index (χ2n) is 9.84. The highest BCUT2D eigenvalue weighted by Gasteiger charge is 2.19. The minimum Gasteiger partial charge on any atom is -0.493 e. The molecule has 5 heteroatoms. The molecule has 1 aliphatic rings. The van der Waals surface area contributed by atoms with Crippen LogP contribution >= 0.6 is 0 Å². The summed E-state index contributed by atoms with van der Waals surface area (Å²) >= 11 is 0. The monoisotopic (exact) mass is 551 g/mol. The highest BCUT2D eigenvalue weighted by molar-refractivity contribution is 5.66. The van der Waals surface area contributed by atoms with E-state index in [9.17, 15) is 0 Å². The van der Waals surface area contributed by atoms with Crippen molar-refractivity contribution in [3.8, 4) is 22.8 Å². The van der Waals surface area contributed by atoms with Gasteiger partial charge in [-0.1, -0.05) is 65.6 Å². The number of unbranched alkanes of at least 4 members (excludes halogenated alkanes) is 1. The molecule has 5 nitrogen and oxygen atoms in total. The average Bonchev–Trinajstić information content (AvgIpc) is 3.45. The maximum absolute atomic E-state index is 6.29. The maximum atomic E-state index is 6.29. The fourth-order valence-electron chi connectivity index (χ4n) is 5.04. The summed E-state index contributed by atoms with van der Waals surface area (Å²) in [5.41, 5.74) is 8.55. The Morgan fingerprint density at radius 2 is 1.55 bits per heavy atom. The summed E-state index contributed by atoms with van der Waals surface area (Å²) in [6.07, 6.45) is 10.3. The molecule has 0 saturated heterocycles. The van der Waals surface area contributed by atoms with Crippen molar-refractivity contribution < 1.29 is 18.7 Å². The topological polar surface area (TPSA) is 53.7 Å². The first-order valence-electron chi connectivity index (χ1n) is 15.7. The molecule has 0 spiro atoms. The number of fused-ring (bicyclic) bond motifs is 1. The molecule has 40 heavy (non-hydrogen) atoms. The Morgan fingerprint density at radius 1 is 0.850 bits per heavy atom. The van der Waals surface area contributed by atoms with E-state index >= 15 is 0 Å². The molecule has 1 aliphatic heterocycles. The number of aryl methyl sites for hydroxylation is 1. The van der Waals surface area contributed by atoms with Gasteiger partial charge in [0, 0.05) is 18.1 Å². The van der Waals surface area contributed by atoms with Crippen molar-refractivity contribution in [3.05, 3.63) is 64.4 Å². The van der Waals surface area contributed by atoms with E-state index in [-0.39, 0.29) is 0 Å². The lowest BCUT2D eigenvalue weighted by atomic mass is 9.95. The van der Waals surface area contributed by atoms with E-state index in [0.717, 1.165) is 74.1 Å². The molecule has 0 amide bonds. The first-order chi connectivity index (χ1) is 19.6. The molecule has 0 aliphatic carbocycles. The lowest BCUT2D eigenvalue weighted by molar-refractivity contribution is 0.0532. The largest absolute Gasteiger partial charge is 0.493 e. The van der Waals surface area contributed by atoms with Crippen LogP contribution in [0.25, 0.3) is 11.3 Å². The van der Waals surface area contributed by atoms with E-state index in [0.29, 0.717) is 25.9 Å².